The molecule has 0 spiro atoms. The zero-order valence-corrected chi connectivity index (χ0v) is 16.8. The Morgan fingerprint density at radius 3 is 1.71 bits per heavy atom. The first-order chi connectivity index (χ1) is 9.70. The van der Waals surface area contributed by atoms with E-state index in [9.17, 15) is 8.42 Å². The lowest BCUT2D eigenvalue weighted by Gasteiger charge is -2.13. The van der Waals surface area contributed by atoms with Gasteiger partial charge in [0.2, 0.25) is 11.3 Å². The van der Waals surface area contributed by atoms with E-state index < -0.39 is 11.3 Å². The third-order valence-corrected chi connectivity index (χ3v) is 8.41. The molecule has 0 unspecified atom stereocenters. The molecule has 6 heteroatoms. The standard InChI is InChI=1S/C15H13Br3O2S/c1-11-2-4-12(5-3-11)10-13-6-8-14(9-7-13)21(19,20)15(16,17)18/h2-9H,10H2,1H3. The van der Waals surface area contributed by atoms with Crippen molar-refractivity contribution in [3.63, 3.8) is 0 Å². The lowest BCUT2D eigenvalue weighted by molar-refractivity contribution is 0.599. The number of aryl methyl sites for hydroxylation is 1. The Balaban J connectivity index is 2.22. The third kappa shape index (κ3) is 4.18. The van der Waals surface area contributed by atoms with Crippen molar-refractivity contribution >= 4 is 57.6 Å². The molecular formula is C15H13Br3O2S. The highest BCUT2D eigenvalue weighted by molar-refractivity contribution is 9.42. The first-order valence-electron chi connectivity index (χ1n) is 6.16. The number of sulfone groups is 1. The van der Waals surface area contributed by atoms with E-state index in [0.29, 0.717) is 0 Å². The van der Waals surface area contributed by atoms with E-state index in [1.807, 2.05) is 12.1 Å². The Kier molecular flexibility index (Phi) is 5.34. The number of alkyl halides is 3. The summed E-state index contributed by atoms with van der Waals surface area (Å²) in [6.45, 7) is 2.05. The van der Waals surface area contributed by atoms with Gasteiger partial charge >= 0.3 is 0 Å². The Labute approximate surface area is 150 Å². The van der Waals surface area contributed by atoms with Crippen LogP contribution in [0.1, 0.15) is 16.7 Å². The van der Waals surface area contributed by atoms with E-state index in [0.717, 1.165) is 12.0 Å². The molecule has 2 nitrogen and oxygen atoms in total. The van der Waals surface area contributed by atoms with Crippen LogP contribution in [0, 0.1) is 6.92 Å². The third-order valence-electron chi connectivity index (χ3n) is 3.07. The number of halogens is 3. The second kappa shape index (κ2) is 6.52. The first-order valence-corrected chi connectivity index (χ1v) is 10.0. The van der Waals surface area contributed by atoms with Gasteiger partial charge in [0.1, 0.15) is 0 Å². The molecule has 0 saturated heterocycles. The topological polar surface area (TPSA) is 34.1 Å². The van der Waals surface area contributed by atoms with Gasteiger partial charge in [-0.15, -0.1) is 0 Å². The maximum Gasteiger partial charge on any atom is 0.239 e. The number of hydrogen-bond acceptors (Lipinski definition) is 2. The van der Waals surface area contributed by atoms with Crippen LogP contribution in [0.5, 0.6) is 0 Å². The molecule has 0 aliphatic rings. The molecule has 2 rings (SSSR count). The lowest BCUT2D eigenvalue weighted by atomic mass is 10.0. The molecular weight excluding hydrogens is 484 g/mol. The van der Waals surface area contributed by atoms with Crippen molar-refractivity contribution in [3.8, 4) is 0 Å². The van der Waals surface area contributed by atoms with E-state index in [1.54, 1.807) is 12.1 Å². The Hall–Kier alpha value is -0.170. The minimum atomic E-state index is -3.52. The molecule has 0 radical (unpaired) electrons. The molecule has 0 aromatic heterocycles. The normalized spacial score (nSPS) is 12.4. The molecule has 21 heavy (non-hydrogen) atoms. The van der Waals surface area contributed by atoms with Crippen LogP contribution in [0.2, 0.25) is 0 Å². The van der Waals surface area contributed by atoms with Crippen LogP contribution in [-0.2, 0) is 16.3 Å². The summed E-state index contributed by atoms with van der Waals surface area (Å²) < 4.78 is 23.1. The minimum absolute atomic E-state index is 0.251. The van der Waals surface area contributed by atoms with Gasteiger partial charge in [-0.05, 0) is 84.4 Å². The summed E-state index contributed by atoms with van der Waals surface area (Å²) in [4.78, 5) is 0.251. The molecule has 0 aliphatic carbocycles. The highest BCUT2D eigenvalue weighted by atomic mass is 80.0. The average Bonchev–Trinajstić information content (AvgIpc) is 2.41. The predicted molar refractivity (Wildman–Crippen MR) is 97.1 cm³/mol. The van der Waals surface area contributed by atoms with Gasteiger partial charge in [0, 0.05) is 0 Å². The lowest BCUT2D eigenvalue weighted by Crippen LogP contribution is -2.17. The van der Waals surface area contributed by atoms with Gasteiger partial charge in [0.15, 0.2) is 0 Å². The maximum absolute atomic E-state index is 12.2. The van der Waals surface area contributed by atoms with Crippen molar-refractivity contribution < 1.29 is 8.42 Å². The van der Waals surface area contributed by atoms with Crippen molar-refractivity contribution in [2.45, 2.75) is 19.7 Å². The fourth-order valence-electron chi connectivity index (χ4n) is 1.86. The SMILES string of the molecule is Cc1ccc(Cc2ccc(S(=O)(=O)C(Br)(Br)Br)cc2)cc1. The molecule has 0 fully saturated rings. The van der Waals surface area contributed by atoms with Crippen LogP contribution in [0.15, 0.2) is 53.4 Å². The molecule has 0 aliphatic heterocycles. The molecule has 112 valence electrons. The molecule has 0 bridgehead atoms. The molecule has 2 aromatic rings. The quantitative estimate of drug-likeness (QED) is 0.550. The average molecular weight is 497 g/mol. The van der Waals surface area contributed by atoms with Crippen molar-refractivity contribution in [1.82, 2.24) is 0 Å². The van der Waals surface area contributed by atoms with Gasteiger partial charge in [-0.25, -0.2) is 8.42 Å². The smallest absolute Gasteiger partial charge is 0.220 e. The molecule has 0 saturated carbocycles. The van der Waals surface area contributed by atoms with E-state index >= 15 is 0 Å². The van der Waals surface area contributed by atoms with Crippen LogP contribution in [0.3, 0.4) is 0 Å². The summed E-state index contributed by atoms with van der Waals surface area (Å²) in [6.07, 6.45) is 0.780. The largest absolute Gasteiger partial charge is 0.239 e. The summed E-state index contributed by atoms with van der Waals surface area (Å²) in [7, 11) is -3.52. The fraction of sp³-hybridized carbons (Fsp3) is 0.200. The van der Waals surface area contributed by atoms with Gasteiger partial charge in [-0.1, -0.05) is 42.0 Å². The van der Waals surface area contributed by atoms with Crippen LogP contribution in [0.4, 0.5) is 0 Å². The summed E-state index contributed by atoms with van der Waals surface area (Å²) >= 11 is 9.18. The zero-order valence-electron chi connectivity index (χ0n) is 11.2. The summed E-state index contributed by atoms with van der Waals surface area (Å²) in [5.74, 6) is 0. The maximum atomic E-state index is 12.2. The first kappa shape index (κ1) is 17.2. The molecule has 0 N–H and O–H groups in total. The summed E-state index contributed by atoms with van der Waals surface area (Å²) in [6, 6.07) is 15.2. The highest BCUT2D eigenvalue weighted by Crippen LogP contribution is 2.43. The van der Waals surface area contributed by atoms with Gasteiger partial charge in [0.25, 0.3) is 0 Å². The minimum Gasteiger partial charge on any atom is -0.220 e. The van der Waals surface area contributed by atoms with Gasteiger partial charge < -0.3 is 0 Å². The van der Waals surface area contributed by atoms with Crippen molar-refractivity contribution in [2.75, 3.05) is 0 Å². The highest BCUT2D eigenvalue weighted by Gasteiger charge is 2.37. The Bertz CT molecular complexity index is 715. The van der Waals surface area contributed by atoms with Crippen molar-refractivity contribution in [2.24, 2.45) is 0 Å². The fourth-order valence-corrected chi connectivity index (χ4v) is 4.31. The molecule has 0 amide bonds. The second-order valence-corrected chi connectivity index (χ2v) is 15.2. The van der Waals surface area contributed by atoms with E-state index in [1.165, 1.54) is 11.1 Å². The zero-order chi connectivity index (χ0) is 15.7. The van der Waals surface area contributed by atoms with E-state index in [-0.39, 0.29) is 4.90 Å². The Morgan fingerprint density at radius 2 is 1.29 bits per heavy atom. The van der Waals surface area contributed by atoms with Crippen molar-refractivity contribution in [1.29, 1.82) is 0 Å². The van der Waals surface area contributed by atoms with Crippen LogP contribution in [0.25, 0.3) is 0 Å². The monoisotopic (exact) mass is 494 g/mol. The van der Waals surface area contributed by atoms with Gasteiger partial charge in [-0.2, -0.15) is 0 Å². The van der Waals surface area contributed by atoms with E-state index in [4.69, 9.17) is 0 Å². The van der Waals surface area contributed by atoms with Crippen molar-refractivity contribution in [3.05, 3.63) is 65.2 Å². The van der Waals surface area contributed by atoms with Crippen LogP contribution < -0.4 is 0 Å². The second-order valence-electron chi connectivity index (χ2n) is 4.76. The number of hydrogen-bond donors (Lipinski definition) is 0. The van der Waals surface area contributed by atoms with Gasteiger partial charge in [0.05, 0.1) is 4.90 Å². The number of rotatable bonds is 3. The molecule has 0 atom stereocenters. The molecule has 2 aromatic carbocycles. The van der Waals surface area contributed by atoms with Gasteiger partial charge in [-0.3, -0.25) is 0 Å². The Morgan fingerprint density at radius 1 is 0.857 bits per heavy atom. The summed E-state index contributed by atoms with van der Waals surface area (Å²) in [5.41, 5.74) is 3.50. The summed E-state index contributed by atoms with van der Waals surface area (Å²) in [5, 5.41) is 0. The van der Waals surface area contributed by atoms with E-state index in [2.05, 4.69) is 79.0 Å². The number of benzene rings is 2. The predicted octanol–water partition coefficient (Wildman–Crippen LogP) is 5.16. The van der Waals surface area contributed by atoms with Crippen LogP contribution in [-0.4, -0.2) is 9.89 Å². The molecule has 0 heterocycles. The van der Waals surface area contributed by atoms with Crippen LogP contribution >= 0.6 is 47.8 Å².